The molecule has 0 radical (unpaired) electrons. The summed E-state index contributed by atoms with van der Waals surface area (Å²) in [4.78, 5) is 65.6. The maximum atomic E-state index is 13.9. The van der Waals surface area contributed by atoms with Gasteiger partial charge in [-0.3, -0.25) is 24.0 Å². The van der Waals surface area contributed by atoms with Crippen molar-refractivity contribution in [3.8, 4) is 5.75 Å². The standard InChI is InChI=1S/C52H90F5N7O15/c53-46-47(54)49(56)51(50(57)48(46)55)79-45(69)10-8-6-4-2-1-3-5-7-9-44(68)64-52(14-11-41(65)61-20-26-73-32-38-76-35-29-70-23-17-58,15-12-42(66)62-21-27-74-33-39-77-36-30-71-24-18-59)16-13-43(67)63-22-28-75-34-40-78-37-31-72-25-19-60/h1-40,58-60H2,(H,61,65)(H,62,66)(H,63,67)(H,64,68). The summed E-state index contributed by atoms with van der Waals surface area (Å²) in [6.07, 6.45) is 5.06. The highest BCUT2D eigenvalue weighted by molar-refractivity contribution is 5.80. The minimum absolute atomic E-state index is 0.0357. The number of carbonyl (C=O) groups excluding carboxylic acids is 5. The normalized spacial score (nSPS) is 11.5. The van der Waals surface area contributed by atoms with E-state index in [0.29, 0.717) is 144 Å². The highest BCUT2D eigenvalue weighted by Crippen LogP contribution is 2.30. The van der Waals surface area contributed by atoms with Crippen LogP contribution in [0.5, 0.6) is 5.75 Å². The summed E-state index contributed by atoms with van der Waals surface area (Å²) < 4.78 is 121. The number of halogens is 5. The molecule has 0 atom stereocenters. The van der Waals surface area contributed by atoms with Gasteiger partial charge in [0, 0.05) is 76.9 Å². The zero-order chi connectivity index (χ0) is 58.0. The van der Waals surface area contributed by atoms with Crippen LogP contribution in [-0.2, 0) is 66.6 Å². The maximum absolute atomic E-state index is 13.9. The van der Waals surface area contributed by atoms with Gasteiger partial charge in [-0.2, -0.15) is 8.78 Å². The number of carbonyl (C=O) groups is 5. The highest BCUT2D eigenvalue weighted by atomic mass is 19.2. The summed E-state index contributed by atoms with van der Waals surface area (Å²) in [7, 11) is 0. The second-order valence-electron chi connectivity index (χ2n) is 18.0. The van der Waals surface area contributed by atoms with Crippen molar-refractivity contribution in [3.05, 3.63) is 29.1 Å². The Balaban J connectivity index is 2.87. The first-order chi connectivity index (χ1) is 38.3. The van der Waals surface area contributed by atoms with Gasteiger partial charge in [0.1, 0.15) is 0 Å². The van der Waals surface area contributed by atoms with Crippen LogP contribution in [0.25, 0.3) is 0 Å². The predicted molar refractivity (Wildman–Crippen MR) is 280 cm³/mol. The lowest BCUT2D eigenvalue weighted by Gasteiger charge is -2.35. The summed E-state index contributed by atoms with van der Waals surface area (Å²) >= 11 is 0. The molecule has 79 heavy (non-hydrogen) atoms. The number of benzene rings is 1. The molecule has 22 nitrogen and oxygen atoms in total. The first-order valence-corrected chi connectivity index (χ1v) is 27.4. The van der Waals surface area contributed by atoms with Gasteiger partial charge in [0.05, 0.1) is 119 Å². The molecule has 0 bridgehead atoms. The Morgan fingerprint density at radius 3 is 0.949 bits per heavy atom. The van der Waals surface area contributed by atoms with Crippen molar-refractivity contribution in [1.29, 1.82) is 0 Å². The molecule has 0 saturated carbocycles. The Bertz CT molecular complexity index is 1660. The van der Waals surface area contributed by atoms with E-state index in [1.54, 1.807) is 0 Å². The molecule has 1 rings (SSSR count). The molecule has 0 aliphatic rings. The first kappa shape index (κ1) is 72.8. The van der Waals surface area contributed by atoms with E-state index in [1.165, 1.54) is 0 Å². The molecule has 0 aliphatic carbocycles. The molecule has 1 aromatic carbocycles. The van der Waals surface area contributed by atoms with E-state index >= 15 is 0 Å². The molecule has 10 N–H and O–H groups in total. The van der Waals surface area contributed by atoms with Crippen molar-refractivity contribution in [3.63, 3.8) is 0 Å². The Morgan fingerprint density at radius 1 is 0.342 bits per heavy atom. The van der Waals surface area contributed by atoms with Gasteiger partial charge < -0.3 is 85.8 Å². The zero-order valence-electron chi connectivity index (χ0n) is 46.0. The molecule has 0 fully saturated rings. The average molecular weight is 1150 g/mol. The summed E-state index contributed by atoms with van der Waals surface area (Å²) in [5.74, 6) is -15.3. The monoisotopic (exact) mass is 1150 g/mol. The Labute approximate surface area is 461 Å². The van der Waals surface area contributed by atoms with Gasteiger partial charge >= 0.3 is 5.97 Å². The molecule has 0 unspecified atom stereocenters. The number of amides is 4. The molecular formula is C52H90F5N7O15. The van der Waals surface area contributed by atoms with Gasteiger partial charge in [0.25, 0.3) is 0 Å². The Hall–Kier alpha value is -4.26. The van der Waals surface area contributed by atoms with Gasteiger partial charge in [-0.05, 0) is 32.1 Å². The van der Waals surface area contributed by atoms with E-state index in [1.807, 2.05) is 0 Å². The van der Waals surface area contributed by atoms with Crippen LogP contribution in [-0.4, -0.2) is 193 Å². The molecule has 0 aliphatic heterocycles. The third-order valence-electron chi connectivity index (χ3n) is 11.5. The molecule has 0 spiro atoms. The molecule has 0 saturated heterocycles. The lowest BCUT2D eigenvalue weighted by Crippen LogP contribution is -2.50. The van der Waals surface area contributed by atoms with Crippen molar-refractivity contribution in [2.24, 2.45) is 17.2 Å². The fraction of sp³-hybridized carbons (Fsp3) is 0.788. The third kappa shape index (κ3) is 38.9. The van der Waals surface area contributed by atoms with Gasteiger partial charge in [-0.25, -0.2) is 13.2 Å². The number of esters is 1. The van der Waals surface area contributed by atoms with E-state index in [4.69, 9.17) is 59.8 Å². The van der Waals surface area contributed by atoms with Crippen LogP contribution in [0.3, 0.4) is 0 Å². The van der Waals surface area contributed by atoms with Crippen molar-refractivity contribution in [2.45, 2.75) is 108 Å². The van der Waals surface area contributed by atoms with Gasteiger partial charge in [0.2, 0.25) is 58.5 Å². The number of rotatable bonds is 55. The quantitative estimate of drug-likeness (QED) is 0.0123. The molecular weight excluding hydrogens is 1060 g/mol. The number of hydrogen-bond donors (Lipinski definition) is 7. The summed E-state index contributed by atoms with van der Waals surface area (Å²) in [6.45, 7) is 8.26. The van der Waals surface area contributed by atoms with Crippen LogP contribution in [0.15, 0.2) is 0 Å². The van der Waals surface area contributed by atoms with Crippen LogP contribution in [0.1, 0.15) is 103 Å². The zero-order valence-corrected chi connectivity index (χ0v) is 46.0. The number of hydrogen-bond acceptors (Lipinski definition) is 18. The van der Waals surface area contributed by atoms with Crippen LogP contribution in [0, 0.1) is 29.1 Å². The van der Waals surface area contributed by atoms with Gasteiger partial charge in [-0.15, -0.1) is 0 Å². The molecule has 4 amide bonds. The number of unbranched alkanes of at least 4 members (excludes halogenated alkanes) is 7. The lowest BCUT2D eigenvalue weighted by atomic mass is 9.82. The van der Waals surface area contributed by atoms with Crippen molar-refractivity contribution in [1.82, 2.24) is 21.3 Å². The van der Waals surface area contributed by atoms with E-state index in [-0.39, 0.29) is 121 Å². The average Bonchev–Trinajstić information content (AvgIpc) is 3.45. The molecule has 27 heteroatoms. The first-order valence-electron chi connectivity index (χ1n) is 27.4. The van der Waals surface area contributed by atoms with Crippen molar-refractivity contribution < 1.29 is 93.3 Å². The highest BCUT2D eigenvalue weighted by Gasteiger charge is 2.34. The number of ether oxygens (including phenoxy) is 10. The third-order valence-corrected chi connectivity index (χ3v) is 11.5. The SMILES string of the molecule is NCCOCCOCCOCCNC(=O)CCC(CCC(=O)NCCOCCOCCOCCN)(CCC(=O)NCCOCCOCCOCCN)NC(=O)CCCCCCCCCCC(=O)Oc1c(F)c(F)c(F)c(F)c1F. The van der Waals surface area contributed by atoms with Crippen molar-refractivity contribution >= 4 is 29.6 Å². The maximum Gasteiger partial charge on any atom is 0.311 e. The molecule has 0 aromatic heterocycles. The number of nitrogens with one attached hydrogen (secondary N) is 4. The minimum atomic E-state index is -2.35. The van der Waals surface area contributed by atoms with E-state index < -0.39 is 46.3 Å². The fourth-order valence-corrected chi connectivity index (χ4v) is 7.36. The van der Waals surface area contributed by atoms with Crippen molar-refractivity contribution in [2.75, 3.05) is 158 Å². The molecule has 0 heterocycles. The molecule has 458 valence electrons. The van der Waals surface area contributed by atoms with E-state index in [0.717, 1.165) is 19.3 Å². The topological polar surface area (TPSA) is 304 Å². The lowest BCUT2D eigenvalue weighted by molar-refractivity contribution is -0.135. The Morgan fingerprint density at radius 2 is 0.620 bits per heavy atom. The summed E-state index contributed by atoms with van der Waals surface area (Å²) in [5, 5.41) is 11.6. The molecule has 1 aromatic rings. The minimum Gasteiger partial charge on any atom is -0.420 e. The number of nitrogens with two attached hydrogens (primary N) is 3. The fourth-order valence-electron chi connectivity index (χ4n) is 7.36. The van der Waals surface area contributed by atoms with Crippen LogP contribution in [0.4, 0.5) is 22.0 Å². The van der Waals surface area contributed by atoms with E-state index in [9.17, 15) is 45.9 Å². The van der Waals surface area contributed by atoms with Gasteiger partial charge in [0.15, 0.2) is 0 Å². The van der Waals surface area contributed by atoms with Gasteiger partial charge in [-0.1, -0.05) is 38.5 Å². The summed E-state index contributed by atoms with van der Waals surface area (Å²) in [5.41, 5.74) is 15.1. The van der Waals surface area contributed by atoms with E-state index in [2.05, 4.69) is 26.0 Å². The second kappa shape index (κ2) is 49.5. The van der Waals surface area contributed by atoms with Crippen LogP contribution in [0.2, 0.25) is 0 Å². The van der Waals surface area contributed by atoms with Crippen LogP contribution >= 0.6 is 0 Å². The predicted octanol–water partition coefficient (Wildman–Crippen LogP) is 2.76. The largest absolute Gasteiger partial charge is 0.420 e. The van der Waals surface area contributed by atoms with Crippen LogP contribution < -0.4 is 43.2 Å². The Kier molecular flexibility index (Phi) is 45.6. The second-order valence-corrected chi connectivity index (χ2v) is 18.0. The summed E-state index contributed by atoms with van der Waals surface area (Å²) in [6, 6.07) is 0. The smallest absolute Gasteiger partial charge is 0.311 e.